The van der Waals surface area contributed by atoms with E-state index >= 15 is 0 Å². The fourth-order valence-electron chi connectivity index (χ4n) is 3.48. The van der Waals surface area contributed by atoms with Crippen molar-refractivity contribution in [3.63, 3.8) is 0 Å². The minimum atomic E-state index is -0.965. The van der Waals surface area contributed by atoms with E-state index < -0.39 is 25.1 Å². The Kier molecular flexibility index (Phi) is 13.1. The van der Waals surface area contributed by atoms with Gasteiger partial charge in [-0.05, 0) is 44.3 Å². The molecule has 5 atom stereocenters. The van der Waals surface area contributed by atoms with Crippen LogP contribution >= 0.6 is 11.8 Å². The number of aliphatic hydroxyl groups is 2. The highest BCUT2D eigenvalue weighted by Gasteiger charge is 2.28. The molecule has 0 radical (unpaired) electrons. The Labute approximate surface area is 191 Å². The molecule has 1 saturated heterocycles. The molecular formula is C23H40FN3O3S. The normalized spacial score (nSPS) is 23.6. The first kappa shape index (κ1) is 27.7. The van der Waals surface area contributed by atoms with Gasteiger partial charge in [0.15, 0.2) is 6.29 Å². The summed E-state index contributed by atoms with van der Waals surface area (Å²) in [7, 11) is 2.00. The van der Waals surface area contributed by atoms with E-state index in [2.05, 4.69) is 10.2 Å². The highest BCUT2D eigenvalue weighted by molar-refractivity contribution is 7.98. The Morgan fingerprint density at radius 2 is 2.00 bits per heavy atom. The van der Waals surface area contributed by atoms with Crippen molar-refractivity contribution in [3.05, 3.63) is 41.7 Å². The van der Waals surface area contributed by atoms with Crippen LogP contribution in [-0.4, -0.2) is 66.1 Å². The lowest BCUT2D eigenvalue weighted by Crippen LogP contribution is -2.43. The van der Waals surface area contributed by atoms with Gasteiger partial charge in [-0.25, -0.2) is 4.39 Å². The summed E-state index contributed by atoms with van der Waals surface area (Å²) in [6, 6.07) is 6.91. The summed E-state index contributed by atoms with van der Waals surface area (Å²) in [5, 5.41) is 23.2. The molecule has 1 aromatic rings. The molecule has 1 aliphatic rings. The number of rotatable bonds is 10. The Bertz CT molecular complexity index is 637. The fourth-order valence-corrected chi connectivity index (χ4v) is 3.89. The molecule has 0 aliphatic carbocycles. The Hall–Kier alpha value is -1.32. The maximum absolute atomic E-state index is 13.5. The molecule has 1 fully saturated rings. The van der Waals surface area contributed by atoms with Crippen molar-refractivity contribution in [1.82, 2.24) is 10.2 Å². The topological polar surface area (TPSA) is 91.0 Å². The molecule has 0 amide bonds. The summed E-state index contributed by atoms with van der Waals surface area (Å²) in [4.78, 5) is 3.25. The van der Waals surface area contributed by atoms with E-state index in [9.17, 15) is 14.6 Å². The molecule has 1 aromatic carbocycles. The molecular weight excluding hydrogens is 417 g/mol. The van der Waals surface area contributed by atoms with Crippen LogP contribution in [0.25, 0.3) is 0 Å². The third kappa shape index (κ3) is 9.37. The number of halogens is 1. The van der Waals surface area contributed by atoms with Gasteiger partial charge in [0.1, 0.15) is 12.8 Å². The van der Waals surface area contributed by atoms with Crippen LogP contribution in [0.5, 0.6) is 0 Å². The quantitative estimate of drug-likeness (QED) is 0.400. The molecule has 31 heavy (non-hydrogen) atoms. The van der Waals surface area contributed by atoms with Crippen LogP contribution in [0.4, 0.5) is 4.39 Å². The lowest BCUT2D eigenvalue weighted by atomic mass is 10.0. The summed E-state index contributed by atoms with van der Waals surface area (Å²) in [5.74, 6) is 0. The summed E-state index contributed by atoms with van der Waals surface area (Å²) >= 11 is 1.61. The van der Waals surface area contributed by atoms with Crippen molar-refractivity contribution >= 4 is 11.8 Å². The van der Waals surface area contributed by atoms with Crippen LogP contribution in [0.15, 0.2) is 41.1 Å². The second-order valence-corrected chi connectivity index (χ2v) is 8.50. The smallest absolute Gasteiger partial charge is 0.156 e. The number of nitrogens with zero attached hydrogens (tertiary/aromatic N) is 1. The zero-order valence-electron chi connectivity index (χ0n) is 19.4. The predicted molar refractivity (Wildman–Crippen MR) is 127 cm³/mol. The summed E-state index contributed by atoms with van der Waals surface area (Å²) in [6.07, 6.45) is 3.94. The van der Waals surface area contributed by atoms with Gasteiger partial charge in [-0.3, -0.25) is 0 Å². The molecule has 0 aromatic heterocycles. The molecule has 6 nitrogen and oxygen atoms in total. The second kappa shape index (κ2) is 14.7. The number of nitrogens with one attached hydrogen (secondary N) is 1. The van der Waals surface area contributed by atoms with Crippen molar-refractivity contribution < 1.29 is 19.3 Å². The molecule has 5 unspecified atom stereocenters. The fraction of sp³-hybridized carbons (Fsp3) is 0.652. The first-order chi connectivity index (χ1) is 14.8. The van der Waals surface area contributed by atoms with Crippen molar-refractivity contribution in [2.75, 3.05) is 26.5 Å². The van der Waals surface area contributed by atoms with Gasteiger partial charge >= 0.3 is 0 Å². The largest absolute Gasteiger partial charge is 0.401 e. The zero-order valence-corrected chi connectivity index (χ0v) is 20.2. The minimum Gasteiger partial charge on any atom is -0.401 e. The SMILES string of the molecule is CC.CSc1ccc(C(O)C(CF)N/C=C(\N)CCN(C)C2CC(C)OC(O)C2)cc1. The van der Waals surface area contributed by atoms with E-state index in [0.717, 1.165) is 11.3 Å². The van der Waals surface area contributed by atoms with Gasteiger partial charge in [0.05, 0.1) is 12.1 Å². The predicted octanol–water partition coefficient (Wildman–Crippen LogP) is 3.40. The van der Waals surface area contributed by atoms with Gasteiger partial charge in [0.25, 0.3) is 0 Å². The number of hydrogen-bond donors (Lipinski definition) is 4. The lowest BCUT2D eigenvalue weighted by Gasteiger charge is -2.36. The van der Waals surface area contributed by atoms with E-state index in [0.29, 0.717) is 30.6 Å². The number of alkyl halides is 1. The average Bonchev–Trinajstić information content (AvgIpc) is 2.78. The zero-order chi connectivity index (χ0) is 23.4. The number of benzene rings is 1. The molecule has 2 rings (SSSR count). The van der Waals surface area contributed by atoms with Gasteiger partial charge in [-0.15, -0.1) is 11.8 Å². The van der Waals surface area contributed by atoms with Crippen molar-refractivity contribution in [2.24, 2.45) is 5.73 Å². The molecule has 1 aliphatic heterocycles. The number of thioether (sulfide) groups is 1. The maximum Gasteiger partial charge on any atom is 0.156 e. The Morgan fingerprint density at radius 1 is 1.35 bits per heavy atom. The van der Waals surface area contributed by atoms with Crippen LogP contribution in [0.1, 0.15) is 51.7 Å². The van der Waals surface area contributed by atoms with Gasteiger partial charge in [0.2, 0.25) is 0 Å². The standard InChI is InChI=1S/C21H34FN3O3S.C2H6/c1-14-10-17(11-20(26)28-14)25(2)9-8-16(23)13-24-19(12-22)21(27)15-4-6-18(29-3)7-5-15;1-2/h4-7,13-14,17,19-21,24,26-27H,8-12,23H2,1-3H3;1-2H3/b16-13-;. The summed E-state index contributed by atoms with van der Waals surface area (Å²) in [5.41, 5.74) is 7.32. The Morgan fingerprint density at radius 3 is 2.55 bits per heavy atom. The minimum absolute atomic E-state index is 0.0255. The third-order valence-corrected chi connectivity index (χ3v) is 6.07. The lowest BCUT2D eigenvalue weighted by molar-refractivity contribution is -0.173. The van der Waals surface area contributed by atoms with E-state index in [1.807, 2.05) is 58.3 Å². The van der Waals surface area contributed by atoms with Crippen molar-refractivity contribution in [3.8, 4) is 0 Å². The van der Waals surface area contributed by atoms with Gasteiger partial charge in [-0.2, -0.15) is 0 Å². The van der Waals surface area contributed by atoms with Crippen LogP contribution < -0.4 is 11.1 Å². The Balaban J connectivity index is 0.00000233. The first-order valence-corrected chi connectivity index (χ1v) is 12.2. The number of nitrogens with two attached hydrogens (primary N) is 1. The molecule has 1 heterocycles. The van der Waals surface area contributed by atoms with Crippen LogP contribution in [0.2, 0.25) is 0 Å². The second-order valence-electron chi connectivity index (χ2n) is 7.62. The molecule has 0 saturated carbocycles. The van der Waals surface area contributed by atoms with E-state index in [1.165, 1.54) is 0 Å². The molecule has 0 spiro atoms. The maximum atomic E-state index is 13.5. The molecule has 8 heteroatoms. The highest BCUT2D eigenvalue weighted by Crippen LogP contribution is 2.23. The average molecular weight is 458 g/mol. The first-order valence-electron chi connectivity index (χ1n) is 11.0. The van der Waals surface area contributed by atoms with Gasteiger partial charge < -0.3 is 30.9 Å². The van der Waals surface area contributed by atoms with E-state index in [4.69, 9.17) is 10.5 Å². The number of hydrogen-bond acceptors (Lipinski definition) is 7. The van der Waals surface area contributed by atoms with E-state index in [-0.39, 0.29) is 12.1 Å². The van der Waals surface area contributed by atoms with Crippen molar-refractivity contribution in [1.29, 1.82) is 0 Å². The number of ether oxygens (including phenoxy) is 1. The molecule has 178 valence electrons. The third-order valence-electron chi connectivity index (χ3n) is 5.33. The number of aliphatic hydroxyl groups excluding tert-OH is 2. The monoisotopic (exact) mass is 457 g/mol. The van der Waals surface area contributed by atoms with Gasteiger partial charge in [-0.1, -0.05) is 26.0 Å². The van der Waals surface area contributed by atoms with Crippen LogP contribution in [0.3, 0.4) is 0 Å². The molecule has 5 N–H and O–H groups in total. The van der Waals surface area contributed by atoms with Crippen LogP contribution in [0, 0.1) is 0 Å². The summed E-state index contributed by atoms with van der Waals surface area (Å²) in [6.45, 7) is 5.96. The van der Waals surface area contributed by atoms with Crippen molar-refractivity contribution in [2.45, 2.75) is 75.5 Å². The van der Waals surface area contributed by atoms with Gasteiger partial charge in [0, 0.05) is 42.2 Å². The highest BCUT2D eigenvalue weighted by atomic mass is 32.2. The van der Waals surface area contributed by atoms with Crippen LogP contribution in [-0.2, 0) is 4.74 Å². The van der Waals surface area contributed by atoms with E-state index in [1.54, 1.807) is 18.0 Å². The summed E-state index contributed by atoms with van der Waals surface area (Å²) < 4.78 is 18.8. The molecule has 0 bridgehead atoms.